The van der Waals surface area contributed by atoms with Crippen molar-refractivity contribution in [1.29, 1.82) is 0 Å². The number of hydrogen-bond acceptors (Lipinski definition) is 4. The molecule has 0 aromatic heterocycles. The number of amides is 3. The summed E-state index contributed by atoms with van der Waals surface area (Å²) in [6, 6.07) is 9.53. The minimum absolute atomic E-state index is 0.188. The molecule has 0 aliphatic heterocycles. The summed E-state index contributed by atoms with van der Waals surface area (Å²) >= 11 is 0. The minimum atomic E-state index is -0.914. The predicted octanol–water partition coefficient (Wildman–Crippen LogP) is 6.78. The lowest BCUT2D eigenvalue weighted by atomic mass is 9.92. The number of hydrogen-bond donors (Lipinski definition) is 2. The molecule has 0 spiro atoms. The number of alkyl carbamates (subject to hydrolysis) is 1. The van der Waals surface area contributed by atoms with Gasteiger partial charge in [-0.05, 0) is 96.0 Å². The molecule has 0 bridgehead atoms. The van der Waals surface area contributed by atoms with Crippen LogP contribution in [-0.4, -0.2) is 40.5 Å². The number of para-hydroxylation sites is 1. The molecule has 2 aromatic rings. The summed E-state index contributed by atoms with van der Waals surface area (Å²) in [6.07, 6.45) is -0.00549. The number of carbonyl (C=O) groups is 3. The standard InChI is InChI=1S/C32H47N3O4/c1-12-20(4)27(34-31(38)39-32(9,10)11)30(37)35(19(2)3)28(25-18-14-15-21(5)24(25)8)29(36)33-26-22(6)16-13-17-23(26)7/h13-20,27-28H,12H2,1-11H3,(H,33,36)(H,34,38). The summed E-state index contributed by atoms with van der Waals surface area (Å²) in [4.78, 5) is 43.0. The first-order valence-electron chi connectivity index (χ1n) is 13.8. The highest BCUT2D eigenvalue weighted by atomic mass is 16.6. The van der Waals surface area contributed by atoms with E-state index in [0.717, 1.165) is 33.5 Å². The van der Waals surface area contributed by atoms with Crippen LogP contribution in [0.5, 0.6) is 0 Å². The van der Waals surface area contributed by atoms with Crippen molar-refractivity contribution in [2.24, 2.45) is 5.92 Å². The number of ether oxygens (including phenoxy) is 1. The van der Waals surface area contributed by atoms with E-state index in [1.807, 2.05) is 91.8 Å². The number of anilines is 1. The van der Waals surface area contributed by atoms with E-state index in [1.165, 1.54) is 0 Å². The molecule has 0 saturated carbocycles. The van der Waals surface area contributed by atoms with Crippen LogP contribution in [0.3, 0.4) is 0 Å². The maximum absolute atomic E-state index is 14.4. The minimum Gasteiger partial charge on any atom is -0.444 e. The third-order valence-electron chi connectivity index (χ3n) is 7.16. The lowest BCUT2D eigenvalue weighted by Gasteiger charge is -2.39. The van der Waals surface area contributed by atoms with Crippen molar-refractivity contribution in [2.75, 3.05) is 5.32 Å². The highest BCUT2D eigenvalue weighted by Gasteiger charge is 2.40. The van der Waals surface area contributed by atoms with Crippen molar-refractivity contribution >= 4 is 23.6 Å². The molecule has 2 rings (SSSR count). The van der Waals surface area contributed by atoms with Gasteiger partial charge in [-0.15, -0.1) is 0 Å². The largest absolute Gasteiger partial charge is 0.444 e. The lowest BCUT2D eigenvalue weighted by molar-refractivity contribution is -0.144. The van der Waals surface area contributed by atoms with Crippen LogP contribution in [0.15, 0.2) is 36.4 Å². The Balaban J connectivity index is 2.65. The highest BCUT2D eigenvalue weighted by Crippen LogP contribution is 2.32. The van der Waals surface area contributed by atoms with Crippen LogP contribution in [0.25, 0.3) is 0 Å². The number of carbonyl (C=O) groups excluding carboxylic acids is 3. The maximum Gasteiger partial charge on any atom is 0.408 e. The molecule has 0 heterocycles. The third-order valence-corrected chi connectivity index (χ3v) is 7.16. The van der Waals surface area contributed by atoms with Crippen molar-refractivity contribution in [3.63, 3.8) is 0 Å². The van der Waals surface area contributed by atoms with Gasteiger partial charge in [0.1, 0.15) is 17.7 Å². The van der Waals surface area contributed by atoms with Crippen LogP contribution in [0.4, 0.5) is 10.5 Å². The van der Waals surface area contributed by atoms with Gasteiger partial charge >= 0.3 is 6.09 Å². The SMILES string of the molecule is CCC(C)C(NC(=O)OC(C)(C)C)C(=O)N(C(C)C)C(C(=O)Nc1c(C)cccc1C)c1cccc(C)c1C. The summed E-state index contributed by atoms with van der Waals surface area (Å²) < 4.78 is 5.49. The Labute approximate surface area is 234 Å². The summed E-state index contributed by atoms with van der Waals surface area (Å²) in [5.74, 6) is -0.816. The van der Waals surface area contributed by atoms with Crippen LogP contribution in [0.2, 0.25) is 0 Å². The molecule has 214 valence electrons. The highest BCUT2D eigenvalue weighted by molar-refractivity contribution is 6.00. The van der Waals surface area contributed by atoms with E-state index < -0.39 is 23.8 Å². The molecule has 0 fully saturated rings. The van der Waals surface area contributed by atoms with Crippen LogP contribution < -0.4 is 10.6 Å². The van der Waals surface area contributed by atoms with Gasteiger partial charge in [-0.2, -0.15) is 0 Å². The molecule has 3 unspecified atom stereocenters. The number of nitrogens with one attached hydrogen (secondary N) is 2. The average molecular weight is 538 g/mol. The van der Waals surface area contributed by atoms with E-state index in [1.54, 1.807) is 25.7 Å². The van der Waals surface area contributed by atoms with Gasteiger partial charge in [0.25, 0.3) is 5.91 Å². The second kappa shape index (κ2) is 13.1. The number of aryl methyl sites for hydroxylation is 3. The van der Waals surface area contributed by atoms with E-state index in [2.05, 4.69) is 10.6 Å². The number of rotatable bonds is 9. The molecule has 7 nitrogen and oxygen atoms in total. The van der Waals surface area contributed by atoms with Crippen LogP contribution in [0, 0.1) is 33.6 Å². The quantitative estimate of drug-likeness (QED) is 0.369. The van der Waals surface area contributed by atoms with E-state index >= 15 is 0 Å². The van der Waals surface area contributed by atoms with Crippen molar-refractivity contribution < 1.29 is 19.1 Å². The number of nitrogens with zero attached hydrogens (tertiary/aromatic N) is 1. The van der Waals surface area contributed by atoms with Crippen molar-refractivity contribution in [2.45, 2.75) is 106 Å². The first-order chi connectivity index (χ1) is 18.1. The van der Waals surface area contributed by atoms with E-state index in [0.29, 0.717) is 6.42 Å². The molecule has 7 heteroatoms. The fourth-order valence-electron chi connectivity index (χ4n) is 4.65. The fraction of sp³-hybridized carbons (Fsp3) is 0.531. The second-order valence-corrected chi connectivity index (χ2v) is 11.8. The van der Waals surface area contributed by atoms with Gasteiger partial charge in [0.05, 0.1) is 0 Å². The van der Waals surface area contributed by atoms with Gasteiger partial charge in [0.2, 0.25) is 5.91 Å². The van der Waals surface area contributed by atoms with Gasteiger partial charge in [0.15, 0.2) is 0 Å². The zero-order chi connectivity index (χ0) is 29.7. The monoisotopic (exact) mass is 537 g/mol. The Morgan fingerprint density at radius 3 is 1.95 bits per heavy atom. The molecule has 39 heavy (non-hydrogen) atoms. The van der Waals surface area contributed by atoms with Gasteiger partial charge < -0.3 is 20.3 Å². The second-order valence-electron chi connectivity index (χ2n) is 11.8. The predicted molar refractivity (Wildman–Crippen MR) is 158 cm³/mol. The number of benzene rings is 2. The van der Waals surface area contributed by atoms with Crippen molar-refractivity contribution in [3.05, 3.63) is 64.2 Å². The van der Waals surface area contributed by atoms with Crippen molar-refractivity contribution in [3.8, 4) is 0 Å². The molecule has 2 aromatic carbocycles. The van der Waals surface area contributed by atoms with Gasteiger partial charge in [-0.25, -0.2) is 4.79 Å². The van der Waals surface area contributed by atoms with E-state index in [9.17, 15) is 14.4 Å². The van der Waals surface area contributed by atoms with E-state index in [4.69, 9.17) is 4.74 Å². The Kier molecular flexibility index (Phi) is 10.7. The smallest absolute Gasteiger partial charge is 0.408 e. The first kappa shape index (κ1) is 31.9. The Morgan fingerprint density at radius 2 is 1.44 bits per heavy atom. The van der Waals surface area contributed by atoms with Crippen LogP contribution >= 0.6 is 0 Å². The molecule has 3 amide bonds. The Morgan fingerprint density at radius 1 is 0.897 bits per heavy atom. The first-order valence-corrected chi connectivity index (χ1v) is 13.8. The van der Waals surface area contributed by atoms with Crippen molar-refractivity contribution in [1.82, 2.24) is 10.2 Å². The summed E-state index contributed by atoms with van der Waals surface area (Å²) in [7, 11) is 0. The molecule has 0 saturated heterocycles. The lowest BCUT2D eigenvalue weighted by Crippen LogP contribution is -2.56. The molecular weight excluding hydrogens is 490 g/mol. The zero-order valence-electron chi connectivity index (χ0n) is 25.6. The molecule has 2 N–H and O–H groups in total. The fourth-order valence-corrected chi connectivity index (χ4v) is 4.65. The Hall–Kier alpha value is -3.35. The summed E-state index contributed by atoms with van der Waals surface area (Å²) in [6.45, 7) is 20.9. The zero-order valence-corrected chi connectivity index (χ0v) is 25.6. The van der Waals surface area contributed by atoms with E-state index in [-0.39, 0.29) is 23.8 Å². The maximum atomic E-state index is 14.4. The van der Waals surface area contributed by atoms with Gasteiger partial charge in [0, 0.05) is 11.7 Å². The molecular formula is C32H47N3O4. The topological polar surface area (TPSA) is 87.7 Å². The van der Waals surface area contributed by atoms with Crippen LogP contribution in [-0.2, 0) is 14.3 Å². The normalized spacial score (nSPS) is 13.8. The molecule has 0 radical (unpaired) electrons. The molecule has 0 aliphatic carbocycles. The third kappa shape index (κ3) is 8.07. The molecule has 3 atom stereocenters. The van der Waals surface area contributed by atoms with Gasteiger partial charge in [-0.3, -0.25) is 9.59 Å². The molecule has 0 aliphatic rings. The average Bonchev–Trinajstić information content (AvgIpc) is 2.83. The summed E-state index contributed by atoms with van der Waals surface area (Å²) in [5.41, 5.74) is 4.62. The van der Waals surface area contributed by atoms with Crippen LogP contribution in [0.1, 0.15) is 88.7 Å². The Bertz CT molecular complexity index is 1160. The van der Waals surface area contributed by atoms with Gasteiger partial charge in [-0.1, -0.05) is 56.7 Å². The summed E-state index contributed by atoms with van der Waals surface area (Å²) in [5, 5.41) is 5.94.